The maximum Gasteiger partial charge on any atom is 0.314 e. The number of nitrogens with zero attached hydrogens (tertiary/aromatic N) is 5. The average Bonchev–Trinajstić information content (AvgIpc) is 3.28. The Labute approximate surface area is 187 Å². The minimum atomic E-state index is -3.57. The second kappa shape index (κ2) is 10.3. The molecule has 33 heavy (non-hydrogen) atoms. The molecular weight excluding hydrogens is 466 g/mol. The number of halogens is 4. The highest BCUT2D eigenvalue weighted by Gasteiger charge is 2.26. The van der Waals surface area contributed by atoms with Gasteiger partial charge in [-0.25, -0.2) is 31.5 Å². The van der Waals surface area contributed by atoms with E-state index in [1.54, 1.807) is 6.92 Å². The molecule has 1 atom stereocenters. The van der Waals surface area contributed by atoms with Crippen molar-refractivity contribution in [3.8, 4) is 11.5 Å². The topological polar surface area (TPSA) is 102 Å². The highest BCUT2D eigenvalue weighted by molar-refractivity contribution is 7.89. The number of hydrogen-bond donors (Lipinski definition) is 0. The molecule has 0 N–H and O–H groups in total. The lowest BCUT2D eigenvalue weighted by Gasteiger charge is -2.26. The van der Waals surface area contributed by atoms with Gasteiger partial charge < -0.3 is 4.42 Å². The smallest absolute Gasteiger partial charge is 0.314 e. The summed E-state index contributed by atoms with van der Waals surface area (Å²) in [5.74, 6) is -3.21. The van der Waals surface area contributed by atoms with E-state index in [1.807, 2.05) is 0 Å². The minimum Gasteiger partial charge on any atom is -0.415 e. The van der Waals surface area contributed by atoms with E-state index in [-0.39, 0.29) is 48.1 Å². The Balaban J connectivity index is 1.89. The first kappa shape index (κ1) is 24.7. The van der Waals surface area contributed by atoms with Crippen molar-refractivity contribution in [1.82, 2.24) is 24.5 Å². The Morgan fingerprint density at radius 1 is 1.09 bits per heavy atom. The largest absolute Gasteiger partial charge is 0.415 e. The molecular formula is C20H21F4N5O3S. The zero-order valence-corrected chi connectivity index (χ0v) is 18.6. The van der Waals surface area contributed by atoms with Crippen LogP contribution in [0.2, 0.25) is 0 Å². The molecule has 0 aliphatic rings. The lowest BCUT2D eigenvalue weighted by molar-refractivity contribution is 0.116. The van der Waals surface area contributed by atoms with Gasteiger partial charge in [0, 0.05) is 43.9 Å². The Kier molecular flexibility index (Phi) is 7.74. The van der Waals surface area contributed by atoms with Gasteiger partial charge in [-0.15, -0.1) is 10.2 Å². The van der Waals surface area contributed by atoms with Crippen LogP contribution in [0.15, 0.2) is 35.0 Å². The molecule has 3 rings (SSSR count). The van der Waals surface area contributed by atoms with Gasteiger partial charge in [-0.2, -0.15) is 8.78 Å². The molecule has 0 radical (unpaired) electrons. The van der Waals surface area contributed by atoms with E-state index >= 15 is 0 Å². The number of sulfonamides is 1. The van der Waals surface area contributed by atoms with Gasteiger partial charge in [0.15, 0.2) is 0 Å². The molecule has 0 aliphatic heterocycles. The third-order valence-electron chi connectivity index (χ3n) is 4.95. The summed E-state index contributed by atoms with van der Waals surface area (Å²) in [7, 11) is -3.57. The number of hydrogen-bond acceptors (Lipinski definition) is 7. The number of likely N-dealkylation sites (N-methyl/N-ethyl adjacent to an activating group) is 1. The van der Waals surface area contributed by atoms with E-state index in [0.29, 0.717) is 0 Å². The fourth-order valence-electron chi connectivity index (χ4n) is 3.20. The van der Waals surface area contributed by atoms with E-state index in [9.17, 15) is 26.0 Å². The van der Waals surface area contributed by atoms with Crippen LogP contribution in [-0.2, 0) is 16.4 Å². The van der Waals surface area contributed by atoms with Gasteiger partial charge in [0.1, 0.15) is 17.5 Å². The van der Waals surface area contributed by atoms with E-state index in [0.717, 1.165) is 12.1 Å². The lowest BCUT2D eigenvalue weighted by Crippen LogP contribution is -2.36. The summed E-state index contributed by atoms with van der Waals surface area (Å²) in [5, 5.41) is 6.75. The van der Waals surface area contributed by atoms with E-state index in [1.165, 1.54) is 29.7 Å². The molecule has 13 heteroatoms. The Morgan fingerprint density at radius 2 is 1.79 bits per heavy atom. The van der Waals surface area contributed by atoms with Gasteiger partial charge in [0.25, 0.3) is 11.8 Å². The molecule has 0 saturated heterocycles. The standard InChI is InChI=1S/C20H21F4N5O3S/c1-3-29(33(30,31)4-2)11-12(15-6-5-14(21)8-16(15)22)7-17-25-9-13(10-26-17)19-27-28-20(32-19)18(23)24/h5-6,8-10,12,18H,3-4,7,11H2,1-2H3. The van der Waals surface area contributed by atoms with Gasteiger partial charge in [-0.3, -0.25) is 0 Å². The summed E-state index contributed by atoms with van der Waals surface area (Å²) in [5.41, 5.74) is 0.318. The van der Waals surface area contributed by atoms with Crippen LogP contribution < -0.4 is 0 Å². The second-order valence-electron chi connectivity index (χ2n) is 7.05. The Bertz CT molecular complexity index is 1190. The van der Waals surface area contributed by atoms with Gasteiger partial charge in [-0.05, 0) is 18.6 Å². The Morgan fingerprint density at radius 3 is 2.33 bits per heavy atom. The summed E-state index contributed by atoms with van der Waals surface area (Å²) in [6.07, 6.45) is -0.323. The Hall–Kier alpha value is -2.93. The zero-order chi connectivity index (χ0) is 24.2. The molecule has 2 aromatic heterocycles. The summed E-state index contributed by atoms with van der Waals surface area (Å²) >= 11 is 0. The van der Waals surface area contributed by atoms with Gasteiger partial charge in [0.05, 0.1) is 11.3 Å². The first-order valence-corrected chi connectivity index (χ1v) is 11.6. The summed E-state index contributed by atoms with van der Waals surface area (Å²) in [6, 6.07) is 3.09. The maximum absolute atomic E-state index is 14.6. The van der Waals surface area contributed by atoms with Crippen molar-refractivity contribution in [2.24, 2.45) is 0 Å². The molecule has 0 bridgehead atoms. The quantitative estimate of drug-likeness (QED) is 0.402. The third-order valence-corrected chi connectivity index (χ3v) is 6.87. The molecule has 0 saturated carbocycles. The minimum absolute atomic E-state index is 0.0324. The third kappa shape index (κ3) is 5.90. The zero-order valence-electron chi connectivity index (χ0n) is 17.8. The lowest BCUT2D eigenvalue weighted by atomic mass is 9.94. The van der Waals surface area contributed by atoms with E-state index in [2.05, 4.69) is 20.2 Å². The van der Waals surface area contributed by atoms with Crippen LogP contribution in [0.4, 0.5) is 17.6 Å². The highest BCUT2D eigenvalue weighted by atomic mass is 32.2. The van der Waals surface area contributed by atoms with Gasteiger partial charge >= 0.3 is 6.43 Å². The van der Waals surface area contributed by atoms with Gasteiger partial charge in [-0.1, -0.05) is 13.0 Å². The van der Waals surface area contributed by atoms with Crippen molar-refractivity contribution in [3.05, 3.63) is 59.5 Å². The number of benzene rings is 1. The van der Waals surface area contributed by atoms with Crippen molar-refractivity contribution in [2.45, 2.75) is 32.6 Å². The summed E-state index contributed by atoms with van der Waals surface area (Å²) in [6.45, 7) is 3.26. The van der Waals surface area contributed by atoms with Crippen LogP contribution in [0.5, 0.6) is 0 Å². The monoisotopic (exact) mass is 487 g/mol. The number of alkyl halides is 2. The van der Waals surface area contributed by atoms with Crippen molar-refractivity contribution in [2.75, 3.05) is 18.8 Å². The first-order chi connectivity index (χ1) is 15.6. The fraction of sp³-hybridized carbons (Fsp3) is 0.400. The molecule has 0 aliphatic carbocycles. The van der Waals surface area contributed by atoms with Crippen LogP contribution in [0.1, 0.15) is 43.5 Å². The van der Waals surface area contributed by atoms with Crippen LogP contribution in [0.25, 0.3) is 11.5 Å². The average molecular weight is 487 g/mol. The van der Waals surface area contributed by atoms with E-state index in [4.69, 9.17) is 4.42 Å². The first-order valence-electron chi connectivity index (χ1n) is 10.00. The van der Waals surface area contributed by atoms with Crippen LogP contribution in [0.3, 0.4) is 0 Å². The SMILES string of the molecule is CCN(CC(Cc1ncc(-c2nnc(C(F)F)o2)cn1)c1ccc(F)cc1F)S(=O)(=O)CC. The normalized spacial score (nSPS) is 13.1. The molecule has 1 aromatic carbocycles. The maximum atomic E-state index is 14.6. The second-order valence-corrected chi connectivity index (χ2v) is 9.31. The molecule has 8 nitrogen and oxygen atoms in total. The van der Waals surface area contributed by atoms with Crippen LogP contribution in [-0.4, -0.2) is 51.7 Å². The molecule has 3 aromatic rings. The molecule has 2 heterocycles. The van der Waals surface area contributed by atoms with Crippen LogP contribution >= 0.6 is 0 Å². The van der Waals surface area contributed by atoms with Crippen molar-refractivity contribution in [1.29, 1.82) is 0 Å². The van der Waals surface area contributed by atoms with Gasteiger partial charge in [0.2, 0.25) is 10.0 Å². The molecule has 0 amide bonds. The van der Waals surface area contributed by atoms with Crippen molar-refractivity contribution in [3.63, 3.8) is 0 Å². The highest BCUT2D eigenvalue weighted by Crippen LogP contribution is 2.27. The predicted octanol–water partition coefficient (Wildman–Crippen LogP) is 3.74. The van der Waals surface area contributed by atoms with E-state index < -0.39 is 39.9 Å². The summed E-state index contributed by atoms with van der Waals surface area (Å²) < 4.78 is 84.1. The number of aromatic nitrogens is 4. The molecule has 0 fully saturated rings. The molecule has 1 unspecified atom stereocenters. The van der Waals surface area contributed by atoms with Crippen LogP contribution in [0, 0.1) is 11.6 Å². The molecule has 178 valence electrons. The van der Waals surface area contributed by atoms with Crippen molar-refractivity contribution < 1.29 is 30.4 Å². The van der Waals surface area contributed by atoms with Crippen molar-refractivity contribution >= 4 is 10.0 Å². The summed E-state index contributed by atoms with van der Waals surface area (Å²) in [4.78, 5) is 8.29. The number of rotatable bonds is 10. The predicted molar refractivity (Wildman–Crippen MR) is 110 cm³/mol. The molecule has 0 spiro atoms. The fourth-order valence-corrected chi connectivity index (χ4v) is 4.37.